The van der Waals surface area contributed by atoms with E-state index in [4.69, 9.17) is 4.74 Å². The molecule has 3 amide bonds. The fourth-order valence-corrected chi connectivity index (χ4v) is 2.78. The van der Waals surface area contributed by atoms with Gasteiger partial charge < -0.3 is 20.3 Å². The second-order valence-electron chi connectivity index (χ2n) is 8.31. The van der Waals surface area contributed by atoms with Crippen molar-refractivity contribution in [1.82, 2.24) is 20.5 Å². The summed E-state index contributed by atoms with van der Waals surface area (Å²) in [5.74, 6) is -3.01. The fraction of sp³-hybridized carbons (Fsp3) is 0.391. The molecule has 0 radical (unpaired) electrons. The number of rotatable bonds is 9. The van der Waals surface area contributed by atoms with Gasteiger partial charge in [0.05, 0.1) is 13.1 Å². The minimum Gasteiger partial charge on any atom is -0.444 e. The maximum atomic E-state index is 13.2. The average Bonchev–Trinajstić information content (AvgIpc) is 2.73. The van der Waals surface area contributed by atoms with Gasteiger partial charge in [0, 0.05) is 37.1 Å². The van der Waals surface area contributed by atoms with Crippen LogP contribution in [0.4, 0.5) is 13.6 Å². The fourth-order valence-electron chi connectivity index (χ4n) is 2.78. The van der Waals surface area contributed by atoms with Gasteiger partial charge in [0.15, 0.2) is 0 Å². The van der Waals surface area contributed by atoms with Crippen LogP contribution in [0.1, 0.15) is 43.1 Å². The minimum atomic E-state index is -0.884. The number of benzene rings is 1. The van der Waals surface area contributed by atoms with E-state index < -0.39 is 35.1 Å². The molecule has 0 aliphatic carbocycles. The second kappa shape index (κ2) is 11.9. The molecule has 1 heterocycles. The van der Waals surface area contributed by atoms with Crippen LogP contribution in [-0.2, 0) is 16.1 Å². The summed E-state index contributed by atoms with van der Waals surface area (Å²) in [6, 6.07) is 6.03. The summed E-state index contributed by atoms with van der Waals surface area (Å²) in [6.07, 6.45) is 3.26. The molecule has 2 rings (SSSR count). The SMILES string of the molecule is CC(C)(C)OC(=O)N(CCCNC(=O)CNC(=O)c1cc(F)cc(F)c1)Cc1cccnc1. The van der Waals surface area contributed by atoms with Crippen LogP contribution in [-0.4, -0.2) is 53.0 Å². The van der Waals surface area contributed by atoms with E-state index in [2.05, 4.69) is 15.6 Å². The highest BCUT2D eigenvalue weighted by molar-refractivity contribution is 5.96. The minimum absolute atomic E-state index is 0.219. The maximum Gasteiger partial charge on any atom is 0.410 e. The van der Waals surface area contributed by atoms with Crippen LogP contribution in [0.5, 0.6) is 0 Å². The zero-order chi connectivity index (χ0) is 24.4. The summed E-state index contributed by atoms with van der Waals surface area (Å²) in [5.41, 5.74) is -0.0334. The number of pyridine rings is 1. The van der Waals surface area contributed by atoms with Crippen molar-refractivity contribution in [3.8, 4) is 0 Å². The average molecular weight is 462 g/mol. The van der Waals surface area contributed by atoms with Gasteiger partial charge in [0.25, 0.3) is 5.91 Å². The first-order chi connectivity index (χ1) is 15.5. The third-order valence-corrected chi connectivity index (χ3v) is 4.21. The van der Waals surface area contributed by atoms with Crippen LogP contribution in [0.2, 0.25) is 0 Å². The molecule has 0 atom stereocenters. The summed E-state index contributed by atoms with van der Waals surface area (Å²) in [5, 5.41) is 4.93. The van der Waals surface area contributed by atoms with E-state index in [1.165, 1.54) is 4.90 Å². The van der Waals surface area contributed by atoms with Crippen molar-refractivity contribution in [2.75, 3.05) is 19.6 Å². The van der Waals surface area contributed by atoms with Crippen molar-refractivity contribution >= 4 is 17.9 Å². The molecule has 0 unspecified atom stereocenters. The van der Waals surface area contributed by atoms with Crippen LogP contribution < -0.4 is 10.6 Å². The summed E-state index contributed by atoms with van der Waals surface area (Å²) in [7, 11) is 0. The molecule has 33 heavy (non-hydrogen) atoms. The highest BCUT2D eigenvalue weighted by atomic mass is 19.1. The topological polar surface area (TPSA) is 101 Å². The van der Waals surface area contributed by atoms with Crippen LogP contribution >= 0.6 is 0 Å². The lowest BCUT2D eigenvalue weighted by atomic mass is 10.2. The monoisotopic (exact) mass is 462 g/mol. The number of aromatic nitrogens is 1. The largest absolute Gasteiger partial charge is 0.444 e. The van der Waals surface area contributed by atoms with Crippen molar-refractivity contribution in [2.45, 2.75) is 39.3 Å². The lowest BCUT2D eigenvalue weighted by molar-refractivity contribution is -0.120. The van der Waals surface area contributed by atoms with Crippen LogP contribution in [0, 0.1) is 11.6 Å². The van der Waals surface area contributed by atoms with Gasteiger partial charge in [-0.3, -0.25) is 14.6 Å². The van der Waals surface area contributed by atoms with E-state index in [9.17, 15) is 23.2 Å². The van der Waals surface area contributed by atoms with Crippen molar-refractivity contribution in [3.63, 3.8) is 0 Å². The van der Waals surface area contributed by atoms with Crippen molar-refractivity contribution < 1.29 is 27.9 Å². The number of nitrogens with one attached hydrogen (secondary N) is 2. The molecular weight excluding hydrogens is 434 g/mol. The predicted molar refractivity (Wildman–Crippen MR) is 117 cm³/mol. The van der Waals surface area contributed by atoms with Gasteiger partial charge in [-0.25, -0.2) is 13.6 Å². The Morgan fingerprint density at radius 1 is 1.09 bits per heavy atom. The first-order valence-corrected chi connectivity index (χ1v) is 10.4. The van der Waals surface area contributed by atoms with Crippen molar-refractivity contribution in [2.24, 2.45) is 0 Å². The molecule has 1 aromatic carbocycles. The molecule has 1 aromatic heterocycles. The van der Waals surface area contributed by atoms with Gasteiger partial charge in [-0.1, -0.05) is 6.07 Å². The Labute approximate surface area is 191 Å². The van der Waals surface area contributed by atoms with E-state index in [-0.39, 0.29) is 18.7 Å². The summed E-state index contributed by atoms with van der Waals surface area (Å²) in [6.45, 7) is 5.84. The highest BCUT2D eigenvalue weighted by Gasteiger charge is 2.22. The number of ether oxygens (including phenoxy) is 1. The number of hydrogen-bond donors (Lipinski definition) is 2. The quantitative estimate of drug-likeness (QED) is 0.558. The molecular formula is C23H28F2N4O4. The smallest absolute Gasteiger partial charge is 0.410 e. The van der Waals surface area contributed by atoms with Gasteiger partial charge in [0.2, 0.25) is 5.91 Å². The van der Waals surface area contributed by atoms with E-state index in [1.54, 1.807) is 39.2 Å². The zero-order valence-corrected chi connectivity index (χ0v) is 18.9. The molecule has 8 nitrogen and oxygen atoms in total. The predicted octanol–water partition coefficient (Wildman–Crippen LogP) is 3.03. The van der Waals surface area contributed by atoms with Gasteiger partial charge >= 0.3 is 6.09 Å². The van der Waals surface area contributed by atoms with E-state index >= 15 is 0 Å². The Kier molecular flexibility index (Phi) is 9.26. The zero-order valence-electron chi connectivity index (χ0n) is 18.9. The Morgan fingerprint density at radius 3 is 2.39 bits per heavy atom. The summed E-state index contributed by atoms with van der Waals surface area (Å²) >= 11 is 0. The molecule has 0 saturated carbocycles. The number of carbonyl (C=O) groups excluding carboxylic acids is 3. The Bertz CT molecular complexity index is 944. The second-order valence-corrected chi connectivity index (χ2v) is 8.31. The van der Waals surface area contributed by atoms with Crippen LogP contribution in [0.15, 0.2) is 42.7 Å². The standard InChI is InChI=1S/C23H28F2N4O4/c1-23(2,3)33-22(32)29(15-16-6-4-7-26-13-16)9-5-8-27-20(30)14-28-21(31)17-10-18(24)12-19(25)11-17/h4,6-7,10-13H,5,8-9,14-15H2,1-3H3,(H,27,30)(H,28,31). The third-order valence-electron chi connectivity index (χ3n) is 4.21. The van der Waals surface area contributed by atoms with E-state index in [1.807, 2.05) is 6.07 Å². The molecule has 0 bridgehead atoms. The van der Waals surface area contributed by atoms with Crippen molar-refractivity contribution in [3.05, 3.63) is 65.5 Å². The van der Waals surface area contributed by atoms with Crippen molar-refractivity contribution in [1.29, 1.82) is 0 Å². The van der Waals surface area contributed by atoms with Gasteiger partial charge in [-0.2, -0.15) is 0 Å². The molecule has 2 aromatic rings. The Hall–Kier alpha value is -3.56. The van der Waals surface area contributed by atoms with E-state index in [0.29, 0.717) is 25.6 Å². The number of hydrogen-bond acceptors (Lipinski definition) is 5. The number of nitrogens with zero attached hydrogens (tertiary/aromatic N) is 2. The van der Waals surface area contributed by atoms with Gasteiger partial charge in [0.1, 0.15) is 17.2 Å². The summed E-state index contributed by atoms with van der Waals surface area (Å²) < 4.78 is 31.9. The summed E-state index contributed by atoms with van der Waals surface area (Å²) in [4.78, 5) is 42.0. The number of amides is 3. The van der Waals surface area contributed by atoms with Crippen LogP contribution in [0.3, 0.4) is 0 Å². The molecule has 2 N–H and O–H groups in total. The molecule has 0 spiro atoms. The molecule has 178 valence electrons. The first-order valence-electron chi connectivity index (χ1n) is 10.4. The van der Waals surface area contributed by atoms with E-state index in [0.717, 1.165) is 17.7 Å². The normalized spacial score (nSPS) is 10.9. The maximum absolute atomic E-state index is 13.2. The van der Waals surface area contributed by atoms with Gasteiger partial charge in [-0.05, 0) is 51.0 Å². The Balaban J connectivity index is 1.80. The lowest BCUT2D eigenvalue weighted by Gasteiger charge is -2.27. The Morgan fingerprint density at radius 2 is 1.79 bits per heavy atom. The molecule has 10 heteroatoms. The lowest BCUT2D eigenvalue weighted by Crippen LogP contribution is -2.40. The number of carbonyl (C=O) groups is 3. The third kappa shape index (κ3) is 9.63. The van der Waals surface area contributed by atoms with Gasteiger partial charge in [-0.15, -0.1) is 0 Å². The highest BCUT2D eigenvalue weighted by Crippen LogP contribution is 2.13. The molecule has 0 fully saturated rings. The molecule has 0 aliphatic heterocycles. The molecule has 0 saturated heterocycles. The first kappa shape index (κ1) is 25.7. The molecule has 0 aliphatic rings. The number of halogens is 2. The van der Waals surface area contributed by atoms with Crippen LogP contribution in [0.25, 0.3) is 0 Å².